The predicted molar refractivity (Wildman–Crippen MR) is 97.2 cm³/mol. The summed E-state index contributed by atoms with van der Waals surface area (Å²) in [5, 5.41) is 8.67. The molecule has 1 unspecified atom stereocenters. The van der Waals surface area contributed by atoms with Crippen molar-refractivity contribution in [2.45, 2.75) is 45.4 Å². The van der Waals surface area contributed by atoms with E-state index in [9.17, 15) is 4.79 Å². The molecule has 130 valence electrons. The molecule has 4 heteroatoms. The van der Waals surface area contributed by atoms with Crippen LogP contribution in [0.4, 0.5) is 0 Å². The second-order valence-corrected chi connectivity index (χ2v) is 6.42. The van der Waals surface area contributed by atoms with Crippen molar-refractivity contribution in [1.29, 1.82) is 0 Å². The van der Waals surface area contributed by atoms with Crippen LogP contribution in [0.2, 0.25) is 0 Å². The van der Waals surface area contributed by atoms with Crippen LogP contribution in [-0.4, -0.2) is 22.9 Å². The number of ether oxygens (including phenoxy) is 1. The van der Waals surface area contributed by atoms with Gasteiger partial charge in [0.1, 0.15) is 11.8 Å². The number of carbonyl (C=O) groups is 1. The van der Waals surface area contributed by atoms with Crippen molar-refractivity contribution >= 4 is 5.97 Å². The van der Waals surface area contributed by atoms with Gasteiger partial charge in [0.2, 0.25) is 0 Å². The summed E-state index contributed by atoms with van der Waals surface area (Å²) in [7, 11) is 0. The molecule has 0 saturated heterocycles. The SMILES string of the molecule is CC(C)(C)OC(=O)CCC(N)O.c1ccc(-c2ccccc2)cc1. The van der Waals surface area contributed by atoms with Gasteiger partial charge in [-0.3, -0.25) is 4.79 Å². The third-order valence-corrected chi connectivity index (χ3v) is 2.95. The van der Waals surface area contributed by atoms with Crippen LogP contribution in [0.1, 0.15) is 33.6 Å². The number of carbonyl (C=O) groups excluding carboxylic acids is 1. The Morgan fingerprint density at radius 2 is 1.42 bits per heavy atom. The number of aliphatic hydroxyl groups is 1. The largest absolute Gasteiger partial charge is 0.460 e. The molecule has 3 N–H and O–H groups in total. The van der Waals surface area contributed by atoms with Crippen LogP contribution in [0, 0.1) is 0 Å². The van der Waals surface area contributed by atoms with E-state index in [4.69, 9.17) is 15.6 Å². The van der Waals surface area contributed by atoms with E-state index < -0.39 is 11.8 Å². The third kappa shape index (κ3) is 9.08. The van der Waals surface area contributed by atoms with E-state index >= 15 is 0 Å². The lowest BCUT2D eigenvalue weighted by Crippen LogP contribution is -2.26. The van der Waals surface area contributed by atoms with Crippen molar-refractivity contribution in [1.82, 2.24) is 0 Å². The third-order valence-electron chi connectivity index (χ3n) is 2.95. The molecule has 0 amide bonds. The first-order valence-electron chi connectivity index (χ1n) is 8.04. The highest BCUT2D eigenvalue weighted by Crippen LogP contribution is 2.17. The molecule has 0 saturated carbocycles. The van der Waals surface area contributed by atoms with Crippen LogP contribution in [0.15, 0.2) is 60.7 Å². The molecule has 0 aliphatic heterocycles. The molecule has 0 spiro atoms. The van der Waals surface area contributed by atoms with E-state index in [1.165, 1.54) is 11.1 Å². The standard InChI is InChI=1S/C12H10.C8H17NO3/c1-3-7-11(8-4-1)12-9-5-2-6-10-12;1-8(2,3)12-7(11)5-4-6(9)10/h1-10H;6,10H,4-5,9H2,1-3H3. The fourth-order valence-electron chi connectivity index (χ4n) is 1.92. The van der Waals surface area contributed by atoms with Gasteiger partial charge in [-0.15, -0.1) is 0 Å². The van der Waals surface area contributed by atoms with Gasteiger partial charge >= 0.3 is 5.97 Å². The maximum Gasteiger partial charge on any atom is 0.306 e. The highest BCUT2D eigenvalue weighted by molar-refractivity contribution is 5.69. The second kappa shape index (κ2) is 9.85. The van der Waals surface area contributed by atoms with Gasteiger partial charge in [-0.2, -0.15) is 0 Å². The first-order valence-corrected chi connectivity index (χ1v) is 8.04. The molecule has 0 bridgehead atoms. The van der Waals surface area contributed by atoms with Gasteiger partial charge in [0.15, 0.2) is 0 Å². The van der Waals surface area contributed by atoms with Gasteiger partial charge in [0.05, 0.1) is 0 Å². The molecule has 0 radical (unpaired) electrons. The first-order chi connectivity index (χ1) is 11.3. The zero-order valence-electron chi connectivity index (χ0n) is 14.6. The van der Waals surface area contributed by atoms with Crippen molar-refractivity contribution in [2.75, 3.05) is 0 Å². The zero-order valence-corrected chi connectivity index (χ0v) is 14.6. The molecular formula is C20H27NO3. The van der Waals surface area contributed by atoms with Crippen molar-refractivity contribution in [3.05, 3.63) is 60.7 Å². The number of hydrogen-bond donors (Lipinski definition) is 2. The zero-order chi connectivity index (χ0) is 18.0. The summed E-state index contributed by atoms with van der Waals surface area (Å²) in [6, 6.07) is 20.8. The molecule has 0 heterocycles. The fourth-order valence-corrected chi connectivity index (χ4v) is 1.92. The van der Waals surface area contributed by atoms with Crippen molar-refractivity contribution in [2.24, 2.45) is 5.73 Å². The van der Waals surface area contributed by atoms with E-state index in [2.05, 4.69) is 48.5 Å². The van der Waals surface area contributed by atoms with E-state index in [0.717, 1.165) is 0 Å². The summed E-state index contributed by atoms with van der Waals surface area (Å²) in [6.45, 7) is 5.39. The van der Waals surface area contributed by atoms with Crippen LogP contribution in [0.25, 0.3) is 11.1 Å². The van der Waals surface area contributed by atoms with Crippen LogP contribution >= 0.6 is 0 Å². The topological polar surface area (TPSA) is 72.5 Å². The Labute approximate surface area is 144 Å². The number of esters is 1. The Hall–Kier alpha value is -2.17. The smallest absolute Gasteiger partial charge is 0.306 e. The molecule has 0 fully saturated rings. The van der Waals surface area contributed by atoms with E-state index in [1.54, 1.807) is 20.8 Å². The van der Waals surface area contributed by atoms with Crippen molar-refractivity contribution < 1.29 is 14.6 Å². The van der Waals surface area contributed by atoms with Gasteiger partial charge in [0, 0.05) is 6.42 Å². The normalized spacial score (nSPS) is 11.9. The molecule has 2 aromatic carbocycles. The molecule has 0 aliphatic rings. The van der Waals surface area contributed by atoms with Crippen molar-refractivity contribution in [3.63, 3.8) is 0 Å². The summed E-state index contributed by atoms with van der Waals surface area (Å²) in [6.07, 6.45) is -0.526. The number of rotatable bonds is 4. The Balaban J connectivity index is 0.000000240. The Bertz CT molecular complexity index is 552. The average molecular weight is 329 g/mol. The van der Waals surface area contributed by atoms with Gasteiger partial charge in [-0.25, -0.2) is 0 Å². The molecule has 2 aromatic rings. The van der Waals surface area contributed by atoms with Gasteiger partial charge in [0.25, 0.3) is 0 Å². The molecule has 4 nitrogen and oxygen atoms in total. The Kier molecular flexibility index (Phi) is 8.16. The van der Waals surface area contributed by atoms with Gasteiger partial charge in [-0.05, 0) is 38.3 Å². The summed E-state index contributed by atoms with van der Waals surface area (Å²) in [4.78, 5) is 11.0. The first kappa shape index (κ1) is 19.9. The maximum absolute atomic E-state index is 11.0. The second-order valence-electron chi connectivity index (χ2n) is 6.42. The summed E-state index contributed by atoms with van der Waals surface area (Å²) in [5.41, 5.74) is 7.14. The minimum Gasteiger partial charge on any atom is -0.460 e. The average Bonchev–Trinajstić information content (AvgIpc) is 2.54. The highest BCUT2D eigenvalue weighted by atomic mass is 16.6. The summed E-state index contributed by atoms with van der Waals surface area (Å²) < 4.78 is 4.98. The van der Waals surface area contributed by atoms with E-state index in [-0.39, 0.29) is 18.8 Å². The lowest BCUT2D eigenvalue weighted by atomic mass is 10.1. The van der Waals surface area contributed by atoms with E-state index in [1.807, 2.05) is 12.1 Å². The molecule has 0 aromatic heterocycles. The molecule has 0 aliphatic carbocycles. The number of benzene rings is 2. The Morgan fingerprint density at radius 1 is 1.00 bits per heavy atom. The van der Waals surface area contributed by atoms with E-state index in [0.29, 0.717) is 0 Å². The van der Waals surface area contributed by atoms with Crippen molar-refractivity contribution in [3.8, 4) is 11.1 Å². The minimum absolute atomic E-state index is 0.162. The highest BCUT2D eigenvalue weighted by Gasteiger charge is 2.16. The predicted octanol–water partition coefficient (Wildman–Crippen LogP) is 3.74. The van der Waals surface area contributed by atoms with Crippen LogP contribution in [0.3, 0.4) is 0 Å². The van der Waals surface area contributed by atoms with Crippen LogP contribution in [-0.2, 0) is 9.53 Å². The van der Waals surface area contributed by atoms with Gasteiger partial charge in [-0.1, -0.05) is 60.7 Å². The number of hydrogen-bond acceptors (Lipinski definition) is 4. The fraction of sp³-hybridized carbons (Fsp3) is 0.350. The van der Waals surface area contributed by atoms with Gasteiger partial charge < -0.3 is 15.6 Å². The maximum atomic E-state index is 11.0. The summed E-state index contributed by atoms with van der Waals surface area (Å²) in [5.74, 6) is -0.327. The molecular weight excluding hydrogens is 302 g/mol. The molecule has 24 heavy (non-hydrogen) atoms. The number of aliphatic hydroxyl groups excluding tert-OH is 1. The Morgan fingerprint density at radius 3 is 1.75 bits per heavy atom. The lowest BCUT2D eigenvalue weighted by Gasteiger charge is -2.19. The van der Waals surface area contributed by atoms with Crippen LogP contribution < -0.4 is 5.73 Å². The summed E-state index contributed by atoms with van der Waals surface area (Å²) >= 11 is 0. The molecule has 2 rings (SSSR count). The van der Waals surface area contributed by atoms with Crippen LogP contribution in [0.5, 0.6) is 0 Å². The quantitative estimate of drug-likeness (QED) is 0.662. The number of nitrogens with two attached hydrogens (primary N) is 1. The minimum atomic E-state index is -0.933. The lowest BCUT2D eigenvalue weighted by molar-refractivity contribution is -0.155. The molecule has 1 atom stereocenters. The monoisotopic (exact) mass is 329 g/mol.